The Morgan fingerprint density at radius 3 is 2.88 bits per heavy atom. The maximum Gasteiger partial charge on any atom is 0.170 e. The number of anilines is 1. The topological polar surface area (TPSA) is 56.0 Å². The molecule has 86 valence electrons. The molecule has 0 radical (unpaired) electrons. The van der Waals surface area contributed by atoms with Crippen molar-refractivity contribution in [2.45, 2.75) is 6.42 Å². The number of nitrogens with two attached hydrogens (primary N) is 1. The number of rotatable bonds is 3. The fourth-order valence-corrected chi connectivity index (χ4v) is 2.01. The highest BCUT2D eigenvalue weighted by atomic mass is 79.9. The largest absolute Gasteiger partial charge is 0.398 e. The van der Waals surface area contributed by atoms with Crippen LogP contribution in [0.3, 0.4) is 0 Å². The molecule has 0 amide bonds. The van der Waals surface area contributed by atoms with Crippen LogP contribution >= 0.6 is 15.9 Å². The van der Waals surface area contributed by atoms with Gasteiger partial charge in [0.25, 0.3) is 0 Å². The molecule has 0 aliphatic heterocycles. The van der Waals surface area contributed by atoms with Gasteiger partial charge in [0.15, 0.2) is 5.78 Å². The molecule has 2 aromatic rings. The van der Waals surface area contributed by atoms with Crippen molar-refractivity contribution in [3.63, 3.8) is 0 Å². The fraction of sp³-hybridized carbons (Fsp3) is 0.0769. The Labute approximate surface area is 108 Å². The summed E-state index contributed by atoms with van der Waals surface area (Å²) in [5.41, 5.74) is 7.64. The van der Waals surface area contributed by atoms with Gasteiger partial charge in [-0.3, -0.25) is 9.78 Å². The van der Waals surface area contributed by atoms with E-state index in [0.29, 0.717) is 17.7 Å². The standard InChI is InChI=1S/C13H11BrN2O/c14-10-3-1-2-9(6-10)7-13(17)11-8-16-5-4-12(11)15/h1-6,8H,7H2,(H2,15,16). The van der Waals surface area contributed by atoms with Crippen LogP contribution in [0.5, 0.6) is 0 Å². The quantitative estimate of drug-likeness (QED) is 0.885. The van der Waals surface area contributed by atoms with Crippen LogP contribution in [0.25, 0.3) is 0 Å². The van der Waals surface area contributed by atoms with Gasteiger partial charge in [0.2, 0.25) is 0 Å². The van der Waals surface area contributed by atoms with Crippen molar-refractivity contribution >= 4 is 27.4 Å². The minimum Gasteiger partial charge on any atom is -0.398 e. The highest BCUT2D eigenvalue weighted by Gasteiger charge is 2.10. The summed E-state index contributed by atoms with van der Waals surface area (Å²) in [4.78, 5) is 15.9. The molecule has 2 rings (SSSR count). The predicted molar refractivity (Wildman–Crippen MR) is 70.8 cm³/mol. The summed E-state index contributed by atoms with van der Waals surface area (Å²) in [6.07, 6.45) is 3.41. The summed E-state index contributed by atoms with van der Waals surface area (Å²) in [7, 11) is 0. The first kappa shape index (κ1) is 11.8. The molecular weight excluding hydrogens is 280 g/mol. The Morgan fingerprint density at radius 2 is 2.18 bits per heavy atom. The van der Waals surface area contributed by atoms with Crippen LogP contribution in [0.1, 0.15) is 15.9 Å². The molecule has 0 atom stereocenters. The normalized spacial score (nSPS) is 10.2. The van der Waals surface area contributed by atoms with Crippen LogP contribution in [0.4, 0.5) is 5.69 Å². The third kappa shape index (κ3) is 2.91. The van der Waals surface area contributed by atoms with E-state index in [2.05, 4.69) is 20.9 Å². The molecule has 0 aliphatic rings. The van der Waals surface area contributed by atoms with Crippen molar-refractivity contribution in [2.75, 3.05) is 5.73 Å². The van der Waals surface area contributed by atoms with Gasteiger partial charge < -0.3 is 5.73 Å². The lowest BCUT2D eigenvalue weighted by Crippen LogP contribution is -2.07. The molecule has 17 heavy (non-hydrogen) atoms. The lowest BCUT2D eigenvalue weighted by atomic mass is 10.0. The van der Waals surface area contributed by atoms with Crippen LogP contribution in [0.2, 0.25) is 0 Å². The first-order chi connectivity index (χ1) is 8.16. The highest BCUT2D eigenvalue weighted by Crippen LogP contribution is 2.16. The second kappa shape index (κ2) is 5.10. The van der Waals surface area contributed by atoms with E-state index in [4.69, 9.17) is 5.73 Å². The summed E-state index contributed by atoms with van der Waals surface area (Å²) in [5.74, 6) is -0.0197. The average molecular weight is 291 g/mol. The third-order valence-electron chi connectivity index (χ3n) is 2.41. The Morgan fingerprint density at radius 1 is 1.35 bits per heavy atom. The highest BCUT2D eigenvalue weighted by molar-refractivity contribution is 9.10. The van der Waals surface area contributed by atoms with Crippen molar-refractivity contribution < 1.29 is 4.79 Å². The van der Waals surface area contributed by atoms with E-state index >= 15 is 0 Å². The maximum absolute atomic E-state index is 12.0. The Balaban J connectivity index is 2.20. The zero-order valence-electron chi connectivity index (χ0n) is 9.06. The summed E-state index contributed by atoms with van der Waals surface area (Å²) >= 11 is 3.37. The van der Waals surface area contributed by atoms with E-state index in [0.717, 1.165) is 10.0 Å². The van der Waals surface area contributed by atoms with Gasteiger partial charge in [0, 0.05) is 29.0 Å². The van der Waals surface area contributed by atoms with E-state index in [1.165, 1.54) is 6.20 Å². The number of halogens is 1. The van der Waals surface area contributed by atoms with E-state index in [9.17, 15) is 4.79 Å². The first-order valence-electron chi connectivity index (χ1n) is 5.14. The molecule has 1 aromatic heterocycles. The van der Waals surface area contributed by atoms with Crippen molar-refractivity contribution in [3.8, 4) is 0 Å². The third-order valence-corrected chi connectivity index (χ3v) is 2.90. The van der Waals surface area contributed by atoms with E-state index in [1.807, 2.05) is 24.3 Å². The Bertz CT molecular complexity index is 555. The van der Waals surface area contributed by atoms with Gasteiger partial charge in [-0.1, -0.05) is 28.1 Å². The number of Topliss-reactive ketones (excluding diaryl/α,β-unsaturated/α-hetero) is 1. The van der Waals surface area contributed by atoms with Gasteiger partial charge in [-0.2, -0.15) is 0 Å². The number of nitrogen functional groups attached to an aromatic ring is 1. The predicted octanol–water partition coefficient (Wildman–Crippen LogP) is 2.85. The molecule has 3 nitrogen and oxygen atoms in total. The van der Waals surface area contributed by atoms with Crippen molar-refractivity contribution in [2.24, 2.45) is 0 Å². The van der Waals surface area contributed by atoms with Gasteiger partial charge in [-0.05, 0) is 23.8 Å². The number of aromatic nitrogens is 1. The maximum atomic E-state index is 12.0. The van der Waals surface area contributed by atoms with Crippen molar-refractivity contribution in [1.82, 2.24) is 4.98 Å². The lowest BCUT2D eigenvalue weighted by Gasteiger charge is -2.04. The van der Waals surface area contributed by atoms with Crippen LogP contribution in [0.15, 0.2) is 47.2 Å². The van der Waals surface area contributed by atoms with Gasteiger partial charge >= 0.3 is 0 Å². The second-order valence-corrected chi connectivity index (χ2v) is 4.61. The Hall–Kier alpha value is -1.68. The second-order valence-electron chi connectivity index (χ2n) is 3.69. The van der Waals surface area contributed by atoms with Gasteiger partial charge in [-0.15, -0.1) is 0 Å². The molecule has 1 aromatic carbocycles. The number of carbonyl (C=O) groups excluding carboxylic acids is 1. The first-order valence-corrected chi connectivity index (χ1v) is 5.93. The number of ketones is 1. The van der Waals surface area contributed by atoms with Gasteiger partial charge in [-0.25, -0.2) is 0 Å². The molecule has 0 saturated carbocycles. The van der Waals surface area contributed by atoms with Crippen molar-refractivity contribution in [1.29, 1.82) is 0 Å². The molecule has 0 aliphatic carbocycles. The van der Waals surface area contributed by atoms with E-state index < -0.39 is 0 Å². The van der Waals surface area contributed by atoms with Crippen LogP contribution < -0.4 is 5.73 Å². The summed E-state index contributed by atoms with van der Waals surface area (Å²) in [6.45, 7) is 0. The molecule has 0 bridgehead atoms. The number of benzene rings is 1. The number of hydrogen-bond acceptors (Lipinski definition) is 3. The zero-order valence-corrected chi connectivity index (χ0v) is 10.6. The lowest BCUT2D eigenvalue weighted by molar-refractivity contribution is 0.0993. The molecule has 0 spiro atoms. The van der Waals surface area contributed by atoms with Gasteiger partial charge in [0.05, 0.1) is 5.56 Å². The molecule has 0 fully saturated rings. The van der Waals surface area contributed by atoms with Crippen molar-refractivity contribution in [3.05, 3.63) is 58.3 Å². The molecule has 0 unspecified atom stereocenters. The zero-order chi connectivity index (χ0) is 12.3. The Kier molecular flexibility index (Phi) is 3.54. The van der Waals surface area contributed by atoms with Crippen LogP contribution in [-0.4, -0.2) is 10.8 Å². The fourth-order valence-electron chi connectivity index (χ4n) is 1.57. The molecule has 0 saturated heterocycles. The van der Waals surface area contributed by atoms with Crippen LogP contribution in [-0.2, 0) is 6.42 Å². The molecule has 2 N–H and O–H groups in total. The number of nitrogens with zero attached hydrogens (tertiary/aromatic N) is 1. The summed E-state index contributed by atoms with van der Waals surface area (Å²) in [6, 6.07) is 9.29. The van der Waals surface area contributed by atoms with E-state index in [-0.39, 0.29) is 5.78 Å². The van der Waals surface area contributed by atoms with Gasteiger partial charge in [0.1, 0.15) is 0 Å². The minimum atomic E-state index is -0.0197. The van der Waals surface area contributed by atoms with E-state index in [1.54, 1.807) is 12.3 Å². The summed E-state index contributed by atoms with van der Waals surface area (Å²) < 4.78 is 0.960. The van der Waals surface area contributed by atoms with Crippen LogP contribution in [0, 0.1) is 0 Å². The monoisotopic (exact) mass is 290 g/mol. The summed E-state index contributed by atoms with van der Waals surface area (Å²) in [5, 5.41) is 0. The molecular formula is C13H11BrN2O. The number of hydrogen-bond donors (Lipinski definition) is 1. The SMILES string of the molecule is Nc1ccncc1C(=O)Cc1cccc(Br)c1. The molecule has 1 heterocycles. The number of pyridine rings is 1. The number of carbonyl (C=O) groups is 1. The minimum absolute atomic E-state index is 0.0197. The molecule has 4 heteroatoms. The smallest absolute Gasteiger partial charge is 0.170 e. The average Bonchev–Trinajstić information content (AvgIpc) is 2.29.